The first-order valence-corrected chi connectivity index (χ1v) is 7.69. The van der Waals surface area contributed by atoms with Gasteiger partial charge in [0.25, 0.3) is 0 Å². The topological polar surface area (TPSA) is 98.9 Å². The van der Waals surface area contributed by atoms with E-state index >= 15 is 0 Å². The molecule has 1 aromatic heterocycles. The monoisotopic (exact) mass is 328 g/mol. The van der Waals surface area contributed by atoms with Crippen LogP contribution in [0.4, 0.5) is 4.79 Å². The van der Waals surface area contributed by atoms with E-state index in [1.807, 2.05) is 30.3 Å². The lowest BCUT2D eigenvalue weighted by Crippen LogP contribution is -2.39. The van der Waals surface area contributed by atoms with Crippen molar-refractivity contribution in [2.75, 3.05) is 6.54 Å². The third-order valence-electron chi connectivity index (χ3n) is 4.64. The van der Waals surface area contributed by atoms with Crippen LogP contribution in [0.3, 0.4) is 0 Å². The number of hydroxylamine groups is 2. The molecule has 0 spiro atoms. The van der Waals surface area contributed by atoms with Gasteiger partial charge >= 0.3 is 12.0 Å². The second kappa shape index (κ2) is 5.34. The van der Waals surface area contributed by atoms with Gasteiger partial charge in [-0.05, 0) is 12.0 Å². The number of carbonyl (C=O) groups is 2. The SMILES string of the molecule is O=C(O)C1c2c(cnn2CCc2ccccc2)[C@H]2CN1C(=O)N2O. The van der Waals surface area contributed by atoms with Crippen LogP contribution in [0.25, 0.3) is 0 Å². The molecule has 2 atom stereocenters. The van der Waals surface area contributed by atoms with Crippen molar-refractivity contribution in [3.8, 4) is 0 Å². The molecule has 2 N–H and O–H groups in total. The largest absolute Gasteiger partial charge is 0.479 e. The number of aromatic nitrogens is 2. The molecule has 2 aromatic rings. The summed E-state index contributed by atoms with van der Waals surface area (Å²) in [6.45, 7) is 0.660. The molecule has 24 heavy (non-hydrogen) atoms. The van der Waals surface area contributed by atoms with Crippen LogP contribution in [-0.4, -0.2) is 48.6 Å². The molecule has 8 nitrogen and oxygen atoms in total. The number of fused-ring (bicyclic) bond motifs is 4. The van der Waals surface area contributed by atoms with Gasteiger partial charge in [-0.25, -0.2) is 9.59 Å². The number of rotatable bonds is 4. The highest BCUT2D eigenvalue weighted by molar-refractivity contribution is 5.86. The molecule has 1 unspecified atom stereocenters. The van der Waals surface area contributed by atoms with Gasteiger partial charge in [-0.2, -0.15) is 10.2 Å². The maximum absolute atomic E-state index is 12.1. The van der Waals surface area contributed by atoms with Crippen molar-refractivity contribution in [2.24, 2.45) is 0 Å². The number of carboxylic acid groups (broad SMARTS) is 1. The first kappa shape index (κ1) is 14.7. The first-order valence-electron chi connectivity index (χ1n) is 7.69. The Morgan fingerprint density at radius 1 is 1.29 bits per heavy atom. The molecule has 3 heterocycles. The summed E-state index contributed by atoms with van der Waals surface area (Å²) in [6.07, 6.45) is 2.25. The van der Waals surface area contributed by atoms with Gasteiger partial charge in [0.15, 0.2) is 6.04 Å². The van der Waals surface area contributed by atoms with Gasteiger partial charge in [-0.15, -0.1) is 0 Å². The maximum atomic E-state index is 12.1. The van der Waals surface area contributed by atoms with Crippen LogP contribution in [0, 0.1) is 0 Å². The fraction of sp³-hybridized carbons (Fsp3) is 0.312. The van der Waals surface area contributed by atoms with Gasteiger partial charge in [0.2, 0.25) is 0 Å². The fourth-order valence-electron chi connectivity index (χ4n) is 3.47. The van der Waals surface area contributed by atoms with E-state index in [2.05, 4.69) is 5.10 Å². The minimum Gasteiger partial charge on any atom is -0.479 e. The van der Waals surface area contributed by atoms with E-state index in [9.17, 15) is 19.9 Å². The minimum atomic E-state index is -1.13. The first-order chi connectivity index (χ1) is 11.6. The number of carbonyl (C=O) groups excluding carboxylic acids is 1. The number of aryl methyl sites for hydroxylation is 2. The standard InChI is InChI=1S/C16H16N4O4/c21-15(22)14-13-11(12-9-18(14)16(23)20(12)24)8-17-19(13)7-6-10-4-2-1-3-5-10/h1-5,8,12,14,24H,6-7,9H2,(H,21,22)/t12-,14?/m1/s1. The Labute approximate surface area is 137 Å². The molecule has 8 heteroatoms. The average Bonchev–Trinajstić information content (AvgIpc) is 3.11. The van der Waals surface area contributed by atoms with Gasteiger partial charge < -0.3 is 10.0 Å². The van der Waals surface area contributed by atoms with Crippen LogP contribution in [0.15, 0.2) is 36.5 Å². The molecule has 4 rings (SSSR count). The summed E-state index contributed by atoms with van der Waals surface area (Å²) < 4.78 is 1.63. The Hall–Kier alpha value is -2.87. The van der Waals surface area contributed by atoms with Crippen LogP contribution in [0.2, 0.25) is 0 Å². The molecule has 1 aromatic carbocycles. The van der Waals surface area contributed by atoms with Gasteiger partial charge in [-0.3, -0.25) is 9.89 Å². The van der Waals surface area contributed by atoms with E-state index < -0.39 is 24.1 Å². The van der Waals surface area contributed by atoms with E-state index in [-0.39, 0.29) is 6.54 Å². The van der Waals surface area contributed by atoms with E-state index in [0.29, 0.717) is 29.3 Å². The summed E-state index contributed by atoms with van der Waals surface area (Å²) in [5.74, 6) is -1.13. The number of hydrogen-bond acceptors (Lipinski definition) is 4. The van der Waals surface area contributed by atoms with Gasteiger partial charge in [0.1, 0.15) is 6.04 Å². The molecule has 1 saturated heterocycles. The fourth-order valence-corrected chi connectivity index (χ4v) is 3.47. The molecule has 2 aliphatic heterocycles. The lowest BCUT2D eigenvalue weighted by Gasteiger charge is -2.28. The van der Waals surface area contributed by atoms with Gasteiger partial charge in [0.05, 0.1) is 18.4 Å². The quantitative estimate of drug-likeness (QED) is 0.827. The molecular weight excluding hydrogens is 312 g/mol. The van der Waals surface area contributed by atoms with Crippen LogP contribution in [0.1, 0.15) is 28.9 Å². The highest BCUT2D eigenvalue weighted by atomic mass is 16.5. The zero-order valence-electron chi connectivity index (χ0n) is 12.7. The third kappa shape index (κ3) is 2.07. The Morgan fingerprint density at radius 3 is 2.75 bits per heavy atom. The lowest BCUT2D eigenvalue weighted by atomic mass is 9.98. The number of urea groups is 1. The molecule has 2 aliphatic rings. The van der Waals surface area contributed by atoms with E-state index in [0.717, 1.165) is 5.56 Å². The molecule has 2 amide bonds. The Bertz CT molecular complexity index is 804. The summed E-state index contributed by atoms with van der Waals surface area (Å²) in [6, 6.07) is 7.45. The molecule has 124 valence electrons. The predicted molar refractivity (Wildman–Crippen MR) is 81.2 cm³/mol. The number of carboxylic acids is 1. The van der Waals surface area contributed by atoms with Gasteiger partial charge in [0, 0.05) is 12.1 Å². The highest BCUT2D eigenvalue weighted by Crippen LogP contribution is 2.42. The van der Waals surface area contributed by atoms with Crippen molar-refractivity contribution in [1.82, 2.24) is 19.7 Å². The summed E-state index contributed by atoms with van der Waals surface area (Å²) in [7, 11) is 0. The highest BCUT2D eigenvalue weighted by Gasteiger charge is 2.52. The van der Waals surface area contributed by atoms with Crippen molar-refractivity contribution < 1.29 is 19.9 Å². The lowest BCUT2D eigenvalue weighted by molar-refractivity contribution is -0.142. The summed E-state index contributed by atoms with van der Waals surface area (Å²) >= 11 is 0. The average molecular weight is 328 g/mol. The van der Waals surface area contributed by atoms with Crippen LogP contribution >= 0.6 is 0 Å². The van der Waals surface area contributed by atoms with Crippen LogP contribution in [0.5, 0.6) is 0 Å². The molecule has 1 fully saturated rings. The zero-order valence-corrected chi connectivity index (χ0v) is 12.7. The van der Waals surface area contributed by atoms with Crippen LogP contribution in [-0.2, 0) is 17.8 Å². The second-order valence-corrected chi connectivity index (χ2v) is 5.98. The number of benzene rings is 1. The number of amides is 2. The smallest absolute Gasteiger partial charge is 0.345 e. The molecule has 0 saturated carbocycles. The van der Waals surface area contributed by atoms with Crippen molar-refractivity contribution in [3.63, 3.8) is 0 Å². The third-order valence-corrected chi connectivity index (χ3v) is 4.64. The molecule has 0 radical (unpaired) electrons. The number of hydrogen-bond donors (Lipinski definition) is 2. The Morgan fingerprint density at radius 2 is 2.04 bits per heavy atom. The summed E-state index contributed by atoms with van der Waals surface area (Å²) in [5, 5.41) is 24.4. The minimum absolute atomic E-state index is 0.156. The summed E-state index contributed by atoms with van der Waals surface area (Å²) in [5.41, 5.74) is 2.19. The maximum Gasteiger partial charge on any atom is 0.345 e. The predicted octanol–water partition coefficient (Wildman–Crippen LogP) is 1.43. The van der Waals surface area contributed by atoms with Crippen molar-refractivity contribution in [1.29, 1.82) is 0 Å². The molecular formula is C16H16N4O4. The van der Waals surface area contributed by atoms with Crippen molar-refractivity contribution >= 4 is 12.0 Å². The zero-order chi connectivity index (χ0) is 16.8. The van der Waals surface area contributed by atoms with Gasteiger partial charge in [-0.1, -0.05) is 30.3 Å². The number of nitrogens with zero attached hydrogens (tertiary/aromatic N) is 4. The number of aliphatic carboxylic acids is 1. The van der Waals surface area contributed by atoms with E-state index in [4.69, 9.17) is 0 Å². The van der Waals surface area contributed by atoms with Crippen LogP contribution < -0.4 is 0 Å². The van der Waals surface area contributed by atoms with Crippen molar-refractivity contribution in [3.05, 3.63) is 53.3 Å². The second-order valence-electron chi connectivity index (χ2n) is 5.98. The molecule has 0 aliphatic carbocycles. The van der Waals surface area contributed by atoms with E-state index in [1.54, 1.807) is 10.9 Å². The normalized spacial score (nSPS) is 22.0. The summed E-state index contributed by atoms with van der Waals surface area (Å²) in [4.78, 5) is 25.0. The Kier molecular flexibility index (Phi) is 3.27. The Balaban J connectivity index is 1.69. The molecule has 2 bridgehead atoms. The van der Waals surface area contributed by atoms with Crippen molar-refractivity contribution in [2.45, 2.75) is 25.0 Å². The van der Waals surface area contributed by atoms with E-state index in [1.165, 1.54) is 4.90 Å².